The molecule has 3 heteroatoms. The van der Waals surface area contributed by atoms with Crippen LogP contribution in [0.15, 0.2) is 0 Å². The van der Waals surface area contributed by atoms with E-state index in [0.29, 0.717) is 11.8 Å². The largest absolute Gasteiger partial charge is 0.341 e. The maximum atomic E-state index is 12.0. The van der Waals surface area contributed by atoms with Gasteiger partial charge in [-0.05, 0) is 25.2 Å². The zero-order chi connectivity index (χ0) is 11.4. The number of amides is 1. The summed E-state index contributed by atoms with van der Waals surface area (Å²) in [6.45, 7) is 1.66. The van der Waals surface area contributed by atoms with E-state index in [4.69, 9.17) is 5.73 Å². The molecule has 1 atom stereocenters. The average Bonchev–Trinajstić information content (AvgIpc) is 2.54. The third-order valence-corrected chi connectivity index (χ3v) is 4.02. The second-order valence-corrected chi connectivity index (χ2v) is 5.45. The van der Waals surface area contributed by atoms with E-state index in [1.165, 1.54) is 38.5 Å². The lowest BCUT2D eigenvalue weighted by molar-refractivity contribution is -0.131. The molecule has 92 valence electrons. The fourth-order valence-corrected chi connectivity index (χ4v) is 2.96. The molecule has 1 aliphatic heterocycles. The minimum atomic E-state index is 0.220. The first-order valence-corrected chi connectivity index (χ1v) is 6.79. The van der Waals surface area contributed by atoms with Gasteiger partial charge in [0.2, 0.25) is 5.91 Å². The third-order valence-electron chi connectivity index (χ3n) is 4.02. The zero-order valence-corrected chi connectivity index (χ0v) is 10.2. The van der Waals surface area contributed by atoms with Gasteiger partial charge in [0.25, 0.3) is 0 Å². The first-order chi connectivity index (χ1) is 7.75. The minimum Gasteiger partial charge on any atom is -0.341 e. The summed E-state index contributed by atoms with van der Waals surface area (Å²) in [6.07, 6.45) is 9.62. The van der Waals surface area contributed by atoms with Crippen LogP contribution >= 0.6 is 0 Å². The molecule has 1 saturated carbocycles. The van der Waals surface area contributed by atoms with Gasteiger partial charge in [-0.3, -0.25) is 4.79 Å². The van der Waals surface area contributed by atoms with E-state index in [2.05, 4.69) is 0 Å². The van der Waals surface area contributed by atoms with E-state index in [-0.39, 0.29) is 6.04 Å². The van der Waals surface area contributed by atoms with E-state index in [9.17, 15) is 4.79 Å². The lowest BCUT2D eigenvalue weighted by Gasteiger charge is -2.20. The fourth-order valence-electron chi connectivity index (χ4n) is 2.96. The van der Waals surface area contributed by atoms with Gasteiger partial charge in [-0.15, -0.1) is 0 Å². The lowest BCUT2D eigenvalue weighted by Crippen LogP contribution is -2.32. The number of carbonyl (C=O) groups is 1. The smallest absolute Gasteiger partial charge is 0.222 e. The highest BCUT2D eigenvalue weighted by atomic mass is 16.2. The minimum absolute atomic E-state index is 0.220. The van der Waals surface area contributed by atoms with E-state index in [0.717, 1.165) is 25.9 Å². The van der Waals surface area contributed by atoms with Gasteiger partial charge in [-0.1, -0.05) is 25.7 Å². The SMILES string of the molecule is N[C@@H]1CCN(C(=O)CC2CCCCCC2)C1. The highest BCUT2D eigenvalue weighted by molar-refractivity contribution is 5.76. The van der Waals surface area contributed by atoms with Gasteiger partial charge in [-0.2, -0.15) is 0 Å². The topological polar surface area (TPSA) is 46.3 Å². The first-order valence-electron chi connectivity index (χ1n) is 6.79. The first kappa shape index (κ1) is 11.9. The molecule has 1 amide bonds. The van der Waals surface area contributed by atoms with Crippen molar-refractivity contribution in [1.82, 2.24) is 4.90 Å². The summed E-state index contributed by atoms with van der Waals surface area (Å²) < 4.78 is 0. The third kappa shape index (κ3) is 3.21. The Kier molecular flexibility index (Phi) is 4.22. The summed E-state index contributed by atoms with van der Waals surface area (Å²) in [7, 11) is 0. The van der Waals surface area contributed by atoms with Gasteiger partial charge < -0.3 is 10.6 Å². The molecule has 1 aliphatic carbocycles. The Balaban J connectivity index is 1.77. The van der Waals surface area contributed by atoms with Gasteiger partial charge >= 0.3 is 0 Å². The van der Waals surface area contributed by atoms with Crippen molar-refractivity contribution in [3.63, 3.8) is 0 Å². The van der Waals surface area contributed by atoms with Crippen molar-refractivity contribution in [2.24, 2.45) is 11.7 Å². The molecule has 0 aromatic heterocycles. The van der Waals surface area contributed by atoms with Crippen molar-refractivity contribution in [2.45, 2.75) is 57.4 Å². The van der Waals surface area contributed by atoms with Crippen LogP contribution in [-0.4, -0.2) is 29.9 Å². The number of nitrogens with zero attached hydrogens (tertiary/aromatic N) is 1. The molecule has 1 heterocycles. The number of likely N-dealkylation sites (tertiary alicyclic amines) is 1. The van der Waals surface area contributed by atoms with E-state index >= 15 is 0 Å². The van der Waals surface area contributed by atoms with Crippen LogP contribution < -0.4 is 5.73 Å². The van der Waals surface area contributed by atoms with Crippen LogP contribution in [0.1, 0.15) is 51.4 Å². The average molecular weight is 224 g/mol. The fraction of sp³-hybridized carbons (Fsp3) is 0.923. The molecule has 2 rings (SSSR count). The molecule has 0 unspecified atom stereocenters. The Morgan fingerprint density at radius 3 is 2.38 bits per heavy atom. The Bertz CT molecular complexity index is 234. The van der Waals surface area contributed by atoms with Crippen molar-refractivity contribution >= 4 is 5.91 Å². The molecule has 0 aromatic rings. The Hall–Kier alpha value is -0.570. The quantitative estimate of drug-likeness (QED) is 0.728. The number of nitrogens with two attached hydrogens (primary N) is 1. The van der Waals surface area contributed by atoms with Gasteiger partial charge in [0.15, 0.2) is 0 Å². The Morgan fingerprint density at radius 2 is 1.81 bits per heavy atom. The van der Waals surface area contributed by atoms with Crippen molar-refractivity contribution in [3.05, 3.63) is 0 Å². The van der Waals surface area contributed by atoms with Crippen molar-refractivity contribution in [1.29, 1.82) is 0 Å². The summed E-state index contributed by atoms with van der Waals surface area (Å²) in [4.78, 5) is 14.0. The number of carbonyl (C=O) groups excluding carboxylic acids is 1. The van der Waals surface area contributed by atoms with E-state index < -0.39 is 0 Å². The molecule has 3 nitrogen and oxygen atoms in total. The summed E-state index contributed by atoms with van der Waals surface area (Å²) >= 11 is 0. The van der Waals surface area contributed by atoms with Crippen molar-refractivity contribution in [2.75, 3.05) is 13.1 Å². The molecule has 0 bridgehead atoms. The van der Waals surface area contributed by atoms with Crippen LogP contribution in [0.25, 0.3) is 0 Å². The van der Waals surface area contributed by atoms with Crippen LogP contribution in [0.2, 0.25) is 0 Å². The van der Waals surface area contributed by atoms with E-state index in [1.54, 1.807) is 0 Å². The lowest BCUT2D eigenvalue weighted by atomic mass is 9.96. The van der Waals surface area contributed by atoms with Gasteiger partial charge in [0.1, 0.15) is 0 Å². The molecule has 0 spiro atoms. The van der Waals surface area contributed by atoms with Gasteiger partial charge in [-0.25, -0.2) is 0 Å². The van der Waals surface area contributed by atoms with E-state index in [1.807, 2.05) is 4.90 Å². The molecule has 2 fully saturated rings. The number of hydrogen-bond acceptors (Lipinski definition) is 2. The van der Waals surface area contributed by atoms with Crippen molar-refractivity contribution in [3.8, 4) is 0 Å². The summed E-state index contributed by atoms with van der Waals surface area (Å²) in [5.74, 6) is 0.992. The molecule has 0 aromatic carbocycles. The van der Waals surface area contributed by atoms with Crippen LogP contribution in [0.4, 0.5) is 0 Å². The standard InChI is InChI=1S/C13H24N2O/c14-12-7-8-15(10-12)13(16)9-11-5-3-1-2-4-6-11/h11-12H,1-10,14H2/t12-/m1/s1. The highest BCUT2D eigenvalue weighted by Crippen LogP contribution is 2.26. The molecule has 16 heavy (non-hydrogen) atoms. The van der Waals surface area contributed by atoms with Crippen LogP contribution in [-0.2, 0) is 4.79 Å². The van der Waals surface area contributed by atoms with Crippen LogP contribution in [0.3, 0.4) is 0 Å². The predicted octanol–water partition coefficient (Wildman–Crippen LogP) is 1.91. The maximum absolute atomic E-state index is 12.0. The molecule has 2 aliphatic rings. The Labute approximate surface area is 98.4 Å². The van der Waals surface area contributed by atoms with Gasteiger partial charge in [0, 0.05) is 25.6 Å². The molecule has 1 saturated heterocycles. The molecule has 0 radical (unpaired) electrons. The molecular weight excluding hydrogens is 200 g/mol. The summed E-state index contributed by atoms with van der Waals surface area (Å²) in [5.41, 5.74) is 5.83. The molecule has 2 N–H and O–H groups in total. The number of hydrogen-bond donors (Lipinski definition) is 1. The van der Waals surface area contributed by atoms with Gasteiger partial charge in [0.05, 0.1) is 0 Å². The van der Waals surface area contributed by atoms with Crippen molar-refractivity contribution < 1.29 is 4.79 Å². The van der Waals surface area contributed by atoms with Crippen LogP contribution in [0.5, 0.6) is 0 Å². The maximum Gasteiger partial charge on any atom is 0.222 e. The molecular formula is C13H24N2O. The zero-order valence-electron chi connectivity index (χ0n) is 10.2. The highest BCUT2D eigenvalue weighted by Gasteiger charge is 2.25. The summed E-state index contributed by atoms with van der Waals surface area (Å²) in [5, 5.41) is 0. The predicted molar refractivity (Wildman–Crippen MR) is 65.0 cm³/mol. The van der Waals surface area contributed by atoms with Crippen LogP contribution in [0, 0.1) is 5.92 Å². The monoisotopic (exact) mass is 224 g/mol. The second kappa shape index (κ2) is 5.67. The number of rotatable bonds is 2. The summed E-state index contributed by atoms with van der Waals surface area (Å²) in [6, 6.07) is 0.220. The normalized spacial score (nSPS) is 28.1. The second-order valence-electron chi connectivity index (χ2n) is 5.45. The Morgan fingerprint density at radius 1 is 1.12 bits per heavy atom.